The van der Waals surface area contributed by atoms with E-state index >= 15 is 0 Å². The molecule has 0 aliphatic carbocycles. The Morgan fingerprint density at radius 3 is 2.83 bits per heavy atom. The first-order chi connectivity index (χ1) is 8.76. The Balaban J connectivity index is 1.94. The van der Waals surface area contributed by atoms with Crippen molar-refractivity contribution in [1.29, 1.82) is 0 Å². The van der Waals surface area contributed by atoms with Crippen LogP contribution in [-0.2, 0) is 4.79 Å². The number of carbonyl (C=O) groups excluding carboxylic acids is 1. The lowest BCUT2D eigenvalue weighted by molar-refractivity contribution is -0.126. The molecule has 0 spiro atoms. The van der Waals surface area contributed by atoms with Gasteiger partial charge in [-0.15, -0.1) is 0 Å². The fraction of sp³-hybridized carbons (Fsp3) is 0.615. The second-order valence-corrected chi connectivity index (χ2v) is 4.69. The Hall–Kier alpha value is -1.33. The first-order valence-electron chi connectivity index (χ1n) is 6.45. The third-order valence-electron chi connectivity index (χ3n) is 3.68. The molecule has 1 atom stereocenters. The lowest BCUT2D eigenvalue weighted by atomic mass is 9.94. The Labute approximate surface area is 107 Å². The molecule has 1 aromatic heterocycles. The molecule has 0 saturated carbocycles. The van der Waals surface area contributed by atoms with Gasteiger partial charge >= 0.3 is 0 Å². The maximum atomic E-state index is 11.6. The van der Waals surface area contributed by atoms with Crippen molar-refractivity contribution in [3.8, 4) is 0 Å². The SMILES string of the molecule is CNC(=O)C1CCN(C(CN)c2ccco2)CC1. The number of nitrogens with two attached hydrogens (primary N) is 1. The summed E-state index contributed by atoms with van der Waals surface area (Å²) in [5.74, 6) is 1.20. The Kier molecular flexibility index (Phi) is 4.38. The van der Waals surface area contributed by atoms with Gasteiger partial charge in [0, 0.05) is 19.5 Å². The number of amides is 1. The Morgan fingerprint density at radius 1 is 1.61 bits per heavy atom. The predicted molar refractivity (Wildman–Crippen MR) is 68.9 cm³/mol. The third kappa shape index (κ3) is 2.73. The maximum absolute atomic E-state index is 11.6. The average molecular weight is 251 g/mol. The minimum atomic E-state index is 0.130. The molecule has 1 aliphatic rings. The van der Waals surface area contributed by atoms with Crippen LogP contribution in [0.3, 0.4) is 0 Å². The van der Waals surface area contributed by atoms with Crippen molar-refractivity contribution in [2.24, 2.45) is 11.7 Å². The monoisotopic (exact) mass is 251 g/mol. The summed E-state index contributed by atoms with van der Waals surface area (Å²) in [5.41, 5.74) is 5.83. The first kappa shape index (κ1) is 13.1. The van der Waals surface area contributed by atoms with Crippen LogP contribution in [0.1, 0.15) is 24.6 Å². The highest BCUT2D eigenvalue weighted by Crippen LogP contribution is 2.26. The molecule has 2 rings (SSSR count). The predicted octanol–water partition coefficient (Wildman–Crippen LogP) is 0.737. The molecule has 100 valence electrons. The maximum Gasteiger partial charge on any atom is 0.222 e. The van der Waals surface area contributed by atoms with Gasteiger partial charge < -0.3 is 15.5 Å². The minimum absolute atomic E-state index is 0.130. The molecule has 1 saturated heterocycles. The van der Waals surface area contributed by atoms with Crippen LogP contribution < -0.4 is 11.1 Å². The van der Waals surface area contributed by atoms with E-state index in [4.69, 9.17) is 10.2 Å². The minimum Gasteiger partial charge on any atom is -0.468 e. The highest BCUT2D eigenvalue weighted by atomic mass is 16.3. The Bertz CT molecular complexity index is 370. The molecule has 18 heavy (non-hydrogen) atoms. The summed E-state index contributed by atoms with van der Waals surface area (Å²) in [6, 6.07) is 3.98. The van der Waals surface area contributed by atoms with Gasteiger partial charge in [0.05, 0.1) is 12.3 Å². The van der Waals surface area contributed by atoms with Gasteiger partial charge in [-0.1, -0.05) is 0 Å². The standard InChI is InChI=1S/C13H21N3O2/c1-15-13(17)10-4-6-16(7-5-10)11(9-14)12-3-2-8-18-12/h2-3,8,10-11H,4-7,9,14H2,1H3,(H,15,17). The average Bonchev–Trinajstić information content (AvgIpc) is 2.93. The first-order valence-corrected chi connectivity index (χ1v) is 6.45. The van der Waals surface area contributed by atoms with Crippen LogP contribution in [0.5, 0.6) is 0 Å². The van der Waals surface area contributed by atoms with Gasteiger partial charge in [0.1, 0.15) is 5.76 Å². The number of carbonyl (C=O) groups is 1. The third-order valence-corrected chi connectivity index (χ3v) is 3.68. The molecule has 5 nitrogen and oxygen atoms in total. The van der Waals surface area contributed by atoms with E-state index in [0.29, 0.717) is 6.54 Å². The molecule has 0 aromatic carbocycles. The summed E-state index contributed by atoms with van der Waals surface area (Å²) in [4.78, 5) is 13.9. The lowest BCUT2D eigenvalue weighted by Crippen LogP contribution is -2.43. The van der Waals surface area contributed by atoms with Crippen molar-refractivity contribution in [3.05, 3.63) is 24.2 Å². The van der Waals surface area contributed by atoms with E-state index in [-0.39, 0.29) is 17.9 Å². The smallest absolute Gasteiger partial charge is 0.222 e. The second kappa shape index (κ2) is 6.02. The summed E-state index contributed by atoms with van der Waals surface area (Å²) >= 11 is 0. The van der Waals surface area contributed by atoms with Gasteiger partial charge in [-0.25, -0.2) is 0 Å². The zero-order valence-corrected chi connectivity index (χ0v) is 10.8. The van der Waals surface area contributed by atoms with E-state index < -0.39 is 0 Å². The van der Waals surface area contributed by atoms with Crippen LogP contribution in [0.15, 0.2) is 22.8 Å². The van der Waals surface area contributed by atoms with Crippen LogP contribution >= 0.6 is 0 Å². The summed E-state index contributed by atoms with van der Waals surface area (Å²) in [6.45, 7) is 2.32. The lowest BCUT2D eigenvalue weighted by Gasteiger charge is -2.35. The van der Waals surface area contributed by atoms with E-state index in [2.05, 4.69) is 10.2 Å². The highest BCUT2D eigenvalue weighted by Gasteiger charge is 2.29. The summed E-state index contributed by atoms with van der Waals surface area (Å²) in [7, 11) is 1.69. The quantitative estimate of drug-likeness (QED) is 0.828. The molecule has 0 radical (unpaired) electrons. The van der Waals surface area contributed by atoms with Crippen molar-refractivity contribution in [2.75, 3.05) is 26.7 Å². The summed E-state index contributed by atoms with van der Waals surface area (Å²) in [5, 5.41) is 2.72. The molecule has 1 aliphatic heterocycles. The van der Waals surface area contributed by atoms with Crippen LogP contribution in [0.2, 0.25) is 0 Å². The number of nitrogens with one attached hydrogen (secondary N) is 1. The molecule has 1 fully saturated rings. The van der Waals surface area contributed by atoms with Crippen molar-refractivity contribution in [3.63, 3.8) is 0 Å². The van der Waals surface area contributed by atoms with Crippen LogP contribution in [0.25, 0.3) is 0 Å². The molecular weight excluding hydrogens is 230 g/mol. The van der Waals surface area contributed by atoms with Crippen LogP contribution in [-0.4, -0.2) is 37.5 Å². The molecule has 2 heterocycles. The van der Waals surface area contributed by atoms with Crippen LogP contribution in [0.4, 0.5) is 0 Å². The summed E-state index contributed by atoms with van der Waals surface area (Å²) in [6.07, 6.45) is 3.45. The molecule has 1 aromatic rings. The molecule has 1 amide bonds. The summed E-state index contributed by atoms with van der Waals surface area (Å²) < 4.78 is 5.43. The van der Waals surface area contributed by atoms with Crippen molar-refractivity contribution < 1.29 is 9.21 Å². The normalized spacial score (nSPS) is 19.7. The van der Waals surface area contributed by atoms with Gasteiger partial charge in [0.15, 0.2) is 0 Å². The fourth-order valence-corrected chi connectivity index (χ4v) is 2.60. The zero-order chi connectivity index (χ0) is 13.0. The highest BCUT2D eigenvalue weighted by molar-refractivity contribution is 5.78. The molecule has 5 heteroatoms. The van der Waals surface area contributed by atoms with Gasteiger partial charge in [0.25, 0.3) is 0 Å². The largest absolute Gasteiger partial charge is 0.468 e. The second-order valence-electron chi connectivity index (χ2n) is 4.69. The zero-order valence-electron chi connectivity index (χ0n) is 10.8. The van der Waals surface area contributed by atoms with E-state index in [1.165, 1.54) is 0 Å². The van der Waals surface area contributed by atoms with Gasteiger partial charge in [-0.2, -0.15) is 0 Å². The van der Waals surface area contributed by atoms with Crippen LogP contribution in [0, 0.1) is 5.92 Å². The Morgan fingerprint density at radius 2 is 2.33 bits per heavy atom. The number of likely N-dealkylation sites (tertiary alicyclic amines) is 1. The number of hydrogen-bond acceptors (Lipinski definition) is 4. The van der Waals surface area contributed by atoms with Gasteiger partial charge in [-0.05, 0) is 38.1 Å². The van der Waals surface area contributed by atoms with Crippen molar-refractivity contribution in [2.45, 2.75) is 18.9 Å². The number of furan rings is 1. The molecule has 1 unspecified atom stereocenters. The fourth-order valence-electron chi connectivity index (χ4n) is 2.60. The number of piperidine rings is 1. The number of rotatable bonds is 4. The van der Waals surface area contributed by atoms with E-state index in [9.17, 15) is 4.79 Å². The van der Waals surface area contributed by atoms with Gasteiger partial charge in [-0.3, -0.25) is 9.69 Å². The topological polar surface area (TPSA) is 71.5 Å². The number of hydrogen-bond donors (Lipinski definition) is 2. The van der Waals surface area contributed by atoms with E-state index in [1.807, 2.05) is 12.1 Å². The van der Waals surface area contributed by atoms with Crippen molar-refractivity contribution >= 4 is 5.91 Å². The van der Waals surface area contributed by atoms with Gasteiger partial charge in [0.2, 0.25) is 5.91 Å². The molecular formula is C13H21N3O2. The molecule has 0 bridgehead atoms. The van der Waals surface area contributed by atoms with Crippen molar-refractivity contribution in [1.82, 2.24) is 10.2 Å². The molecule has 3 N–H and O–H groups in total. The number of nitrogens with zero attached hydrogens (tertiary/aromatic N) is 1. The van der Waals surface area contributed by atoms with E-state index in [0.717, 1.165) is 31.7 Å². The van der Waals surface area contributed by atoms with E-state index in [1.54, 1.807) is 13.3 Å².